The molecule has 0 bridgehead atoms. The lowest BCUT2D eigenvalue weighted by atomic mass is 9.67. The highest BCUT2D eigenvalue weighted by Gasteiger charge is 2.52. The maximum Gasteiger partial charge on any atom is 0.151 e. The van der Waals surface area contributed by atoms with E-state index >= 15 is 0 Å². The van der Waals surface area contributed by atoms with E-state index in [-0.39, 0.29) is 0 Å². The summed E-state index contributed by atoms with van der Waals surface area (Å²) in [6.07, 6.45) is 4.03. The Morgan fingerprint density at radius 2 is 0.943 bits per heavy atom. The standard InChI is InChI=1S/C47H28N4OS/c1-5-17-37-31(13-1)32-14-2-6-18-38(32)50(37)29-25-35-45(48-27-29)46-36(47(35)33-15-3-11-23-43(33)53-44-24-12-4-16-34(44)47)26-30(28-49-46)51-39-19-7-9-21-41(39)52-42-22-10-8-20-40(42)51/h1-28H. The molecule has 0 saturated carbocycles. The van der Waals surface area contributed by atoms with Gasteiger partial charge in [-0.05, 0) is 71.8 Å². The van der Waals surface area contributed by atoms with Gasteiger partial charge in [0.2, 0.25) is 0 Å². The Balaban J connectivity index is 1.18. The number of para-hydroxylation sites is 6. The molecule has 3 aliphatic rings. The van der Waals surface area contributed by atoms with E-state index in [2.05, 4.69) is 143 Å². The minimum absolute atomic E-state index is 0.667. The van der Waals surface area contributed by atoms with Crippen molar-refractivity contribution in [2.45, 2.75) is 15.2 Å². The molecule has 1 aliphatic carbocycles. The second kappa shape index (κ2) is 10.7. The summed E-state index contributed by atoms with van der Waals surface area (Å²) in [4.78, 5) is 15.5. The van der Waals surface area contributed by atoms with E-state index in [0.29, 0.717) is 0 Å². The Bertz CT molecular complexity index is 2860. The number of rotatable bonds is 2. The van der Waals surface area contributed by atoms with Crippen LogP contribution in [0.25, 0.3) is 38.9 Å². The first-order valence-corrected chi connectivity index (χ1v) is 18.6. The molecular formula is C47H28N4OS. The van der Waals surface area contributed by atoms with Gasteiger partial charge in [-0.25, -0.2) is 0 Å². The van der Waals surface area contributed by atoms with E-state index in [1.165, 1.54) is 31.7 Å². The van der Waals surface area contributed by atoms with Gasteiger partial charge in [-0.3, -0.25) is 9.97 Å². The molecule has 2 aliphatic heterocycles. The number of ether oxygens (including phenoxy) is 1. The summed E-state index contributed by atoms with van der Waals surface area (Å²) in [6.45, 7) is 0. The van der Waals surface area contributed by atoms with E-state index in [9.17, 15) is 0 Å². The minimum Gasteiger partial charge on any atom is -0.453 e. The minimum atomic E-state index is -0.667. The average molecular weight is 697 g/mol. The quantitative estimate of drug-likeness (QED) is 0.180. The van der Waals surface area contributed by atoms with Gasteiger partial charge >= 0.3 is 0 Å². The normalized spacial score (nSPS) is 14.2. The lowest BCUT2D eigenvalue weighted by molar-refractivity contribution is 0.477. The highest BCUT2D eigenvalue weighted by Crippen LogP contribution is 2.62. The topological polar surface area (TPSA) is 43.2 Å². The number of anilines is 3. The van der Waals surface area contributed by atoms with Gasteiger partial charge in [-0.2, -0.15) is 0 Å². The van der Waals surface area contributed by atoms with E-state index in [1.807, 2.05) is 48.4 Å². The van der Waals surface area contributed by atoms with Crippen molar-refractivity contribution >= 4 is 50.6 Å². The lowest BCUT2D eigenvalue weighted by Crippen LogP contribution is -2.32. The molecule has 0 radical (unpaired) electrons. The van der Waals surface area contributed by atoms with Gasteiger partial charge in [0, 0.05) is 31.7 Å². The number of hydrogen-bond acceptors (Lipinski definition) is 5. The molecule has 6 aromatic carbocycles. The number of fused-ring (bicyclic) bond motifs is 14. The van der Waals surface area contributed by atoms with E-state index in [4.69, 9.17) is 14.7 Å². The number of hydrogen-bond donors (Lipinski definition) is 0. The lowest BCUT2D eigenvalue weighted by Gasteiger charge is -2.40. The van der Waals surface area contributed by atoms with Gasteiger partial charge < -0.3 is 14.2 Å². The summed E-state index contributed by atoms with van der Waals surface area (Å²) in [5, 5.41) is 2.45. The first-order valence-electron chi connectivity index (χ1n) is 17.8. The molecular weight excluding hydrogens is 669 g/mol. The van der Waals surface area contributed by atoms with Crippen molar-refractivity contribution in [1.82, 2.24) is 14.5 Å². The zero-order chi connectivity index (χ0) is 34.7. The predicted octanol–water partition coefficient (Wildman–Crippen LogP) is 12.0. The summed E-state index contributed by atoms with van der Waals surface area (Å²) in [7, 11) is 0. The van der Waals surface area contributed by atoms with Gasteiger partial charge in [-0.15, -0.1) is 0 Å². The first-order chi connectivity index (χ1) is 26.3. The average Bonchev–Trinajstić information content (AvgIpc) is 3.70. The zero-order valence-electron chi connectivity index (χ0n) is 28.3. The molecule has 5 nitrogen and oxygen atoms in total. The van der Waals surface area contributed by atoms with Crippen LogP contribution in [0, 0.1) is 0 Å². The fraction of sp³-hybridized carbons (Fsp3) is 0.0213. The number of nitrogens with zero attached hydrogens (tertiary/aromatic N) is 4. The molecule has 6 heteroatoms. The molecule has 248 valence electrons. The second-order valence-corrected chi connectivity index (χ2v) is 14.9. The molecule has 12 rings (SSSR count). The molecule has 0 fully saturated rings. The van der Waals surface area contributed by atoms with E-state index < -0.39 is 5.41 Å². The van der Waals surface area contributed by atoms with Crippen molar-refractivity contribution in [3.63, 3.8) is 0 Å². The Morgan fingerprint density at radius 1 is 0.472 bits per heavy atom. The largest absolute Gasteiger partial charge is 0.453 e. The molecule has 0 saturated heterocycles. The van der Waals surface area contributed by atoms with Crippen LogP contribution in [0.5, 0.6) is 11.5 Å². The Kier molecular flexibility index (Phi) is 5.85. The predicted molar refractivity (Wildman–Crippen MR) is 213 cm³/mol. The molecule has 1 spiro atoms. The van der Waals surface area contributed by atoms with Gasteiger partial charge in [-0.1, -0.05) is 109 Å². The SMILES string of the molecule is c1ccc2c(c1)Oc1ccccc1N2c1cnc2c(c1)C1(c3ccccc3Sc3ccccc31)c1cc(-n3c4ccccc4c4ccccc43)cnc1-2. The van der Waals surface area contributed by atoms with E-state index in [1.54, 1.807) is 0 Å². The molecule has 9 aromatic rings. The van der Waals surface area contributed by atoms with Gasteiger partial charge in [0.05, 0.1) is 63.0 Å². The fourth-order valence-corrected chi connectivity index (χ4v) is 10.2. The Morgan fingerprint density at radius 3 is 1.55 bits per heavy atom. The van der Waals surface area contributed by atoms with Crippen LogP contribution in [0.15, 0.2) is 180 Å². The number of benzene rings is 6. The number of pyridine rings is 2. The molecule has 3 aromatic heterocycles. The van der Waals surface area contributed by atoms with Crippen molar-refractivity contribution in [2.75, 3.05) is 4.90 Å². The molecule has 0 unspecified atom stereocenters. The van der Waals surface area contributed by atoms with Crippen molar-refractivity contribution in [3.05, 3.63) is 192 Å². The summed E-state index contributed by atoms with van der Waals surface area (Å²) >= 11 is 1.84. The third kappa shape index (κ3) is 3.82. The summed E-state index contributed by atoms with van der Waals surface area (Å²) in [5.41, 5.74) is 12.2. The van der Waals surface area contributed by atoms with Crippen LogP contribution in [-0.2, 0) is 5.41 Å². The van der Waals surface area contributed by atoms with Crippen LogP contribution in [-0.4, -0.2) is 14.5 Å². The van der Waals surface area contributed by atoms with Crippen LogP contribution < -0.4 is 9.64 Å². The van der Waals surface area contributed by atoms with E-state index in [0.717, 1.165) is 67.8 Å². The fourth-order valence-electron chi connectivity index (χ4n) is 9.00. The maximum absolute atomic E-state index is 6.41. The summed E-state index contributed by atoms with van der Waals surface area (Å²) in [5.74, 6) is 1.62. The third-order valence-electron chi connectivity index (χ3n) is 11.1. The molecule has 0 N–H and O–H groups in total. The number of aromatic nitrogens is 3. The highest BCUT2D eigenvalue weighted by atomic mass is 32.2. The van der Waals surface area contributed by atoms with Crippen LogP contribution in [0.3, 0.4) is 0 Å². The van der Waals surface area contributed by atoms with Crippen molar-refractivity contribution < 1.29 is 4.74 Å². The molecule has 5 heterocycles. The summed E-state index contributed by atoms with van der Waals surface area (Å²) < 4.78 is 8.77. The van der Waals surface area contributed by atoms with Crippen LogP contribution >= 0.6 is 11.8 Å². The molecule has 0 amide bonds. The smallest absolute Gasteiger partial charge is 0.151 e. The third-order valence-corrected chi connectivity index (χ3v) is 12.3. The van der Waals surface area contributed by atoms with Gasteiger partial charge in [0.25, 0.3) is 0 Å². The molecule has 0 atom stereocenters. The van der Waals surface area contributed by atoms with Crippen molar-refractivity contribution in [3.8, 4) is 28.6 Å². The van der Waals surface area contributed by atoms with Crippen LogP contribution in [0.1, 0.15) is 22.3 Å². The summed E-state index contributed by atoms with van der Waals surface area (Å²) in [6, 6.07) is 56.3. The maximum atomic E-state index is 6.41. The van der Waals surface area contributed by atoms with Crippen LogP contribution in [0.4, 0.5) is 17.1 Å². The highest BCUT2D eigenvalue weighted by molar-refractivity contribution is 7.99. The van der Waals surface area contributed by atoms with Gasteiger partial charge in [0.1, 0.15) is 0 Å². The second-order valence-electron chi connectivity index (χ2n) is 13.8. The Hall–Kier alpha value is -6.63. The monoisotopic (exact) mass is 696 g/mol. The van der Waals surface area contributed by atoms with Crippen LogP contribution in [0.2, 0.25) is 0 Å². The van der Waals surface area contributed by atoms with Crippen molar-refractivity contribution in [1.29, 1.82) is 0 Å². The van der Waals surface area contributed by atoms with Crippen molar-refractivity contribution in [2.24, 2.45) is 0 Å². The first kappa shape index (κ1) is 29.0. The van der Waals surface area contributed by atoms with Gasteiger partial charge in [0.15, 0.2) is 11.5 Å². The molecule has 53 heavy (non-hydrogen) atoms. The Labute approximate surface area is 309 Å². The zero-order valence-corrected chi connectivity index (χ0v) is 29.1.